The van der Waals surface area contributed by atoms with Crippen molar-refractivity contribution in [1.82, 2.24) is 4.57 Å². The van der Waals surface area contributed by atoms with Crippen LogP contribution in [0.1, 0.15) is 0 Å². The number of carboxylic acid groups (broad SMARTS) is 1. The minimum atomic E-state index is -1.19. The van der Waals surface area contributed by atoms with Gasteiger partial charge in [0.2, 0.25) is 0 Å². The third-order valence-electron chi connectivity index (χ3n) is 2.16. The Balaban J connectivity index is 2.90. The summed E-state index contributed by atoms with van der Waals surface area (Å²) in [6.07, 6.45) is 0. The molecule has 0 atom stereocenters. The molecule has 2 aromatic rings. The maximum absolute atomic E-state index is 11.4. The van der Waals surface area contributed by atoms with Crippen LogP contribution >= 0.6 is 15.9 Å². The van der Waals surface area contributed by atoms with Gasteiger partial charge in [0.1, 0.15) is 6.54 Å². The summed E-state index contributed by atoms with van der Waals surface area (Å²) in [7, 11) is 0. The zero-order chi connectivity index (χ0) is 12.6. The van der Waals surface area contributed by atoms with Crippen LogP contribution in [-0.2, 0) is 11.3 Å². The molecule has 0 aliphatic rings. The SMILES string of the molecule is O=C(O)Cn1c(=O)oc(=O)c2ccc(Br)cc21. The summed E-state index contributed by atoms with van der Waals surface area (Å²) in [5.41, 5.74) is -0.554. The molecular weight excluding hydrogens is 294 g/mol. The van der Waals surface area contributed by atoms with Crippen molar-refractivity contribution in [3.8, 4) is 0 Å². The Labute approximate surface area is 102 Å². The molecule has 0 spiro atoms. The zero-order valence-corrected chi connectivity index (χ0v) is 9.93. The second-order valence-corrected chi connectivity index (χ2v) is 4.21. The van der Waals surface area contributed by atoms with Crippen LogP contribution in [0.4, 0.5) is 0 Å². The molecule has 1 heterocycles. The van der Waals surface area contributed by atoms with E-state index in [-0.39, 0.29) is 10.9 Å². The molecule has 17 heavy (non-hydrogen) atoms. The lowest BCUT2D eigenvalue weighted by Gasteiger charge is -2.05. The maximum Gasteiger partial charge on any atom is 0.422 e. The van der Waals surface area contributed by atoms with Crippen molar-refractivity contribution >= 4 is 32.8 Å². The Morgan fingerprint density at radius 1 is 1.41 bits per heavy atom. The Bertz CT molecular complexity index is 715. The maximum atomic E-state index is 11.4. The van der Waals surface area contributed by atoms with Crippen molar-refractivity contribution in [2.24, 2.45) is 0 Å². The van der Waals surface area contributed by atoms with E-state index in [4.69, 9.17) is 5.11 Å². The quantitative estimate of drug-likeness (QED) is 0.886. The van der Waals surface area contributed by atoms with E-state index >= 15 is 0 Å². The van der Waals surface area contributed by atoms with Gasteiger partial charge in [0.25, 0.3) is 0 Å². The van der Waals surface area contributed by atoms with Crippen LogP contribution in [0.5, 0.6) is 0 Å². The first-order valence-electron chi connectivity index (χ1n) is 4.54. The van der Waals surface area contributed by atoms with Gasteiger partial charge in [-0.15, -0.1) is 0 Å². The van der Waals surface area contributed by atoms with Gasteiger partial charge >= 0.3 is 17.4 Å². The molecule has 1 N–H and O–H groups in total. The van der Waals surface area contributed by atoms with Gasteiger partial charge in [0, 0.05) is 4.47 Å². The van der Waals surface area contributed by atoms with Crippen LogP contribution in [0.15, 0.2) is 36.7 Å². The van der Waals surface area contributed by atoms with Gasteiger partial charge in [-0.05, 0) is 18.2 Å². The molecule has 0 radical (unpaired) electrons. The minimum absolute atomic E-state index is 0.161. The Kier molecular flexibility index (Phi) is 2.84. The molecule has 0 aliphatic carbocycles. The monoisotopic (exact) mass is 299 g/mol. The first-order chi connectivity index (χ1) is 7.99. The largest absolute Gasteiger partial charge is 0.480 e. The molecular formula is C10H6BrNO5. The van der Waals surface area contributed by atoms with E-state index in [9.17, 15) is 14.4 Å². The van der Waals surface area contributed by atoms with Gasteiger partial charge in [0.05, 0.1) is 10.9 Å². The Hall–Kier alpha value is -1.89. The van der Waals surface area contributed by atoms with Gasteiger partial charge in [0.15, 0.2) is 0 Å². The molecule has 0 saturated carbocycles. The lowest BCUT2D eigenvalue weighted by molar-refractivity contribution is -0.137. The standard InChI is InChI=1S/C10H6BrNO5/c11-5-1-2-6-7(3-5)12(4-8(13)14)10(16)17-9(6)15/h1-3H,4H2,(H,13,14). The highest BCUT2D eigenvalue weighted by Gasteiger charge is 2.11. The van der Waals surface area contributed by atoms with Crippen molar-refractivity contribution in [3.05, 3.63) is 43.6 Å². The number of aromatic nitrogens is 1. The number of carbonyl (C=O) groups is 1. The fourth-order valence-electron chi connectivity index (χ4n) is 1.47. The van der Waals surface area contributed by atoms with Crippen molar-refractivity contribution in [2.75, 3.05) is 0 Å². The van der Waals surface area contributed by atoms with Crippen molar-refractivity contribution in [3.63, 3.8) is 0 Å². The summed E-state index contributed by atoms with van der Waals surface area (Å²) in [4.78, 5) is 33.5. The van der Waals surface area contributed by atoms with E-state index in [0.717, 1.165) is 4.57 Å². The van der Waals surface area contributed by atoms with Crippen LogP contribution in [0.25, 0.3) is 10.9 Å². The molecule has 7 heteroatoms. The van der Waals surface area contributed by atoms with Crippen LogP contribution in [-0.4, -0.2) is 15.6 Å². The molecule has 1 aromatic carbocycles. The number of fused-ring (bicyclic) bond motifs is 1. The molecule has 6 nitrogen and oxygen atoms in total. The zero-order valence-electron chi connectivity index (χ0n) is 8.34. The first kappa shape index (κ1) is 11.6. The van der Waals surface area contributed by atoms with Gasteiger partial charge in [-0.3, -0.25) is 9.36 Å². The summed E-state index contributed by atoms with van der Waals surface area (Å²) < 4.78 is 5.96. The summed E-state index contributed by atoms with van der Waals surface area (Å²) in [5, 5.41) is 8.86. The summed E-state index contributed by atoms with van der Waals surface area (Å²) in [5.74, 6) is -2.18. The third-order valence-corrected chi connectivity index (χ3v) is 2.66. The van der Waals surface area contributed by atoms with Crippen molar-refractivity contribution in [1.29, 1.82) is 0 Å². The lowest BCUT2D eigenvalue weighted by Crippen LogP contribution is -2.27. The predicted octanol–water partition coefficient (Wildman–Crippen LogP) is 0.802. The van der Waals surface area contributed by atoms with Crippen LogP contribution < -0.4 is 11.4 Å². The molecule has 1 aromatic heterocycles. The normalized spacial score (nSPS) is 10.6. The number of carboxylic acids is 1. The molecule has 0 fully saturated rings. The van der Waals surface area contributed by atoms with E-state index in [1.807, 2.05) is 0 Å². The number of benzene rings is 1. The smallest absolute Gasteiger partial charge is 0.422 e. The fraction of sp³-hybridized carbons (Fsp3) is 0.100. The second kappa shape index (κ2) is 4.17. The van der Waals surface area contributed by atoms with E-state index in [1.54, 1.807) is 6.07 Å². The number of aliphatic carboxylic acids is 1. The molecule has 0 bridgehead atoms. The Morgan fingerprint density at radius 2 is 2.12 bits per heavy atom. The fourth-order valence-corrected chi connectivity index (χ4v) is 1.82. The van der Waals surface area contributed by atoms with Gasteiger partial charge in [-0.25, -0.2) is 9.59 Å². The highest BCUT2D eigenvalue weighted by Crippen LogP contribution is 2.16. The number of nitrogens with zero attached hydrogens (tertiary/aromatic N) is 1. The van der Waals surface area contributed by atoms with Crippen molar-refractivity contribution in [2.45, 2.75) is 6.54 Å². The number of hydrogen-bond donors (Lipinski definition) is 1. The lowest BCUT2D eigenvalue weighted by atomic mass is 10.2. The number of halogens is 1. The topological polar surface area (TPSA) is 89.5 Å². The van der Waals surface area contributed by atoms with E-state index in [1.165, 1.54) is 12.1 Å². The Morgan fingerprint density at radius 3 is 2.76 bits per heavy atom. The molecule has 2 rings (SSSR count). The van der Waals surface area contributed by atoms with E-state index in [2.05, 4.69) is 20.3 Å². The van der Waals surface area contributed by atoms with E-state index < -0.39 is 23.9 Å². The minimum Gasteiger partial charge on any atom is -0.480 e. The first-order valence-corrected chi connectivity index (χ1v) is 5.33. The average molecular weight is 300 g/mol. The molecule has 0 unspecified atom stereocenters. The van der Waals surface area contributed by atoms with E-state index in [0.29, 0.717) is 4.47 Å². The number of rotatable bonds is 2. The molecule has 0 saturated heterocycles. The highest BCUT2D eigenvalue weighted by molar-refractivity contribution is 9.10. The number of hydrogen-bond acceptors (Lipinski definition) is 4. The molecule has 0 amide bonds. The van der Waals surface area contributed by atoms with Crippen LogP contribution in [0, 0.1) is 0 Å². The van der Waals surface area contributed by atoms with Crippen molar-refractivity contribution < 1.29 is 14.3 Å². The second-order valence-electron chi connectivity index (χ2n) is 3.30. The van der Waals surface area contributed by atoms with Gasteiger partial charge in [-0.2, -0.15) is 0 Å². The van der Waals surface area contributed by atoms with Gasteiger partial charge < -0.3 is 9.52 Å². The predicted molar refractivity (Wildman–Crippen MR) is 62.1 cm³/mol. The third kappa shape index (κ3) is 2.14. The van der Waals surface area contributed by atoms with Crippen LogP contribution in [0.3, 0.4) is 0 Å². The summed E-state index contributed by atoms with van der Waals surface area (Å²) in [6.45, 7) is -0.560. The molecule has 88 valence electrons. The average Bonchev–Trinajstić information content (AvgIpc) is 2.23. The summed E-state index contributed by atoms with van der Waals surface area (Å²) in [6, 6.07) is 4.56. The highest BCUT2D eigenvalue weighted by atomic mass is 79.9. The van der Waals surface area contributed by atoms with Gasteiger partial charge in [-0.1, -0.05) is 15.9 Å². The summed E-state index contributed by atoms with van der Waals surface area (Å²) >= 11 is 3.19. The van der Waals surface area contributed by atoms with Crippen LogP contribution in [0.2, 0.25) is 0 Å². The molecule has 0 aliphatic heterocycles.